The van der Waals surface area contributed by atoms with Crippen LogP contribution in [0.4, 0.5) is 5.13 Å². The number of anilines is 1. The van der Waals surface area contributed by atoms with Gasteiger partial charge in [0, 0.05) is 13.1 Å². The Hall–Kier alpha value is -1.14. The number of carbonyl (C=O) groups excluding carboxylic acids is 1. The summed E-state index contributed by atoms with van der Waals surface area (Å²) in [6.07, 6.45) is 3.17. The standard InChI is InChI=1S/C14H25N3O2S/c1-5-15-13-16-8-11(20-13)12(18)17-9-14(4,19)7-6-10(2)3/h8,10,19H,5-7,9H2,1-4H3,(H,15,16)(H,17,18). The predicted octanol–water partition coefficient (Wildman–Crippen LogP) is 2.49. The summed E-state index contributed by atoms with van der Waals surface area (Å²) < 4.78 is 0. The Balaban J connectivity index is 2.45. The topological polar surface area (TPSA) is 74.2 Å². The maximum atomic E-state index is 12.0. The van der Waals surface area contributed by atoms with Crippen LogP contribution < -0.4 is 10.6 Å². The molecular formula is C14H25N3O2S. The zero-order chi connectivity index (χ0) is 15.2. The van der Waals surface area contributed by atoms with Crippen LogP contribution in [0.25, 0.3) is 0 Å². The lowest BCUT2D eigenvalue weighted by molar-refractivity contribution is 0.0430. The molecule has 1 aromatic rings. The number of amides is 1. The number of nitrogens with one attached hydrogen (secondary N) is 2. The normalized spacial score (nSPS) is 14.1. The molecule has 1 atom stereocenters. The van der Waals surface area contributed by atoms with E-state index in [2.05, 4.69) is 29.5 Å². The predicted molar refractivity (Wildman–Crippen MR) is 83.3 cm³/mol. The van der Waals surface area contributed by atoms with Gasteiger partial charge in [0.15, 0.2) is 5.13 Å². The highest BCUT2D eigenvalue weighted by Crippen LogP contribution is 2.19. The van der Waals surface area contributed by atoms with E-state index in [9.17, 15) is 9.90 Å². The lowest BCUT2D eigenvalue weighted by atomic mass is 9.95. The maximum Gasteiger partial charge on any atom is 0.263 e. The number of hydrogen-bond donors (Lipinski definition) is 3. The third-order valence-corrected chi connectivity index (χ3v) is 3.90. The Labute approximate surface area is 124 Å². The summed E-state index contributed by atoms with van der Waals surface area (Å²) in [7, 11) is 0. The minimum Gasteiger partial charge on any atom is -0.388 e. The van der Waals surface area contributed by atoms with E-state index in [4.69, 9.17) is 0 Å². The van der Waals surface area contributed by atoms with Crippen LogP contribution in [0.1, 0.15) is 50.2 Å². The van der Waals surface area contributed by atoms with Crippen LogP contribution in [0.3, 0.4) is 0 Å². The van der Waals surface area contributed by atoms with Crippen molar-refractivity contribution in [1.82, 2.24) is 10.3 Å². The molecule has 0 aliphatic rings. The molecule has 1 rings (SSSR count). The Morgan fingerprint density at radius 2 is 2.25 bits per heavy atom. The van der Waals surface area contributed by atoms with E-state index in [0.717, 1.165) is 18.1 Å². The van der Waals surface area contributed by atoms with E-state index in [-0.39, 0.29) is 12.5 Å². The molecule has 0 radical (unpaired) electrons. The van der Waals surface area contributed by atoms with Gasteiger partial charge in [0.25, 0.3) is 5.91 Å². The first-order valence-electron chi connectivity index (χ1n) is 7.04. The Morgan fingerprint density at radius 3 is 2.85 bits per heavy atom. The van der Waals surface area contributed by atoms with Crippen molar-refractivity contribution in [3.05, 3.63) is 11.1 Å². The van der Waals surface area contributed by atoms with Crippen molar-refractivity contribution in [1.29, 1.82) is 0 Å². The molecule has 0 fully saturated rings. The van der Waals surface area contributed by atoms with Gasteiger partial charge >= 0.3 is 0 Å². The largest absolute Gasteiger partial charge is 0.388 e. The fraction of sp³-hybridized carbons (Fsp3) is 0.714. The van der Waals surface area contributed by atoms with Crippen molar-refractivity contribution in [2.24, 2.45) is 5.92 Å². The highest BCUT2D eigenvalue weighted by atomic mass is 32.1. The summed E-state index contributed by atoms with van der Waals surface area (Å²) in [6.45, 7) is 9.01. The van der Waals surface area contributed by atoms with Gasteiger partial charge < -0.3 is 15.7 Å². The van der Waals surface area contributed by atoms with Gasteiger partial charge in [-0.05, 0) is 32.6 Å². The fourth-order valence-corrected chi connectivity index (χ4v) is 2.46. The average molecular weight is 299 g/mol. The summed E-state index contributed by atoms with van der Waals surface area (Å²) in [5, 5.41) is 16.8. The number of rotatable bonds is 8. The van der Waals surface area contributed by atoms with Crippen LogP contribution >= 0.6 is 11.3 Å². The molecule has 6 heteroatoms. The van der Waals surface area contributed by atoms with Gasteiger partial charge in [0.1, 0.15) is 4.88 Å². The second kappa shape index (κ2) is 7.59. The van der Waals surface area contributed by atoms with E-state index in [1.807, 2.05) is 6.92 Å². The average Bonchev–Trinajstić information content (AvgIpc) is 2.83. The monoisotopic (exact) mass is 299 g/mol. The number of aromatic nitrogens is 1. The van der Waals surface area contributed by atoms with Gasteiger partial charge in [-0.1, -0.05) is 25.2 Å². The van der Waals surface area contributed by atoms with Crippen LogP contribution in [0.2, 0.25) is 0 Å². The smallest absolute Gasteiger partial charge is 0.263 e. The van der Waals surface area contributed by atoms with Crippen molar-refractivity contribution in [2.75, 3.05) is 18.4 Å². The molecule has 0 bridgehead atoms. The first-order chi connectivity index (χ1) is 9.34. The molecule has 5 nitrogen and oxygen atoms in total. The number of hydrogen-bond acceptors (Lipinski definition) is 5. The van der Waals surface area contributed by atoms with Gasteiger partial charge in [0.2, 0.25) is 0 Å². The molecule has 0 saturated heterocycles. The molecule has 20 heavy (non-hydrogen) atoms. The van der Waals surface area contributed by atoms with E-state index >= 15 is 0 Å². The van der Waals surface area contributed by atoms with Crippen LogP contribution in [-0.2, 0) is 0 Å². The fourth-order valence-electron chi connectivity index (χ4n) is 1.66. The van der Waals surface area contributed by atoms with E-state index in [1.54, 1.807) is 13.1 Å². The number of nitrogens with zero attached hydrogens (tertiary/aromatic N) is 1. The molecule has 3 N–H and O–H groups in total. The third-order valence-electron chi connectivity index (χ3n) is 2.95. The van der Waals surface area contributed by atoms with Gasteiger partial charge in [-0.15, -0.1) is 0 Å². The van der Waals surface area contributed by atoms with Crippen LogP contribution in [0.5, 0.6) is 0 Å². The summed E-state index contributed by atoms with van der Waals surface area (Å²) in [4.78, 5) is 16.6. The molecule has 1 aromatic heterocycles. The molecular weight excluding hydrogens is 274 g/mol. The van der Waals surface area contributed by atoms with Crippen molar-refractivity contribution in [3.8, 4) is 0 Å². The Morgan fingerprint density at radius 1 is 1.55 bits per heavy atom. The van der Waals surface area contributed by atoms with Crippen molar-refractivity contribution in [3.63, 3.8) is 0 Å². The lowest BCUT2D eigenvalue weighted by Gasteiger charge is -2.24. The van der Waals surface area contributed by atoms with Crippen molar-refractivity contribution < 1.29 is 9.90 Å². The Kier molecular flexibility index (Phi) is 6.42. The highest BCUT2D eigenvalue weighted by molar-refractivity contribution is 7.17. The van der Waals surface area contributed by atoms with Crippen molar-refractivity contribution >= 4 is 22.4 Å². The lowest BCUT2D eigenvalue weighted by Crippen LogP contribution is -2.40. The summed E-state index contributed by atoms with van der Waals surface area (Å²) in [6, 6.07) is 0. The van der Waals surface area contributed by atoms with E-state index in [0.29, 0.717) is 17.2 Å². The second-order valence-electron chi connectivity index (χ2n) is 5.67. The minimum atomic E-state index is -0.866. The van der Waals surface area contributed by atoms with Gasteiger partial charge in [-0.3, -0.25) is 4.79 Å². The number of aliphatic hydroxyl groups is 1. The highest BCUT2D eigenvalue weighted by Gasteiger charge is 2.22. The summed E-state index contributed by atoms with van der Waals surface area (Å²) >= 11 is 1.32. The molecule has 0 aromatic carbocycles. The third kappa shape index (κ3) is 5.88. The summed E-state index contributed by atoms with van der Waals surface area (Å²) in [5.41, 5.74) is -0.866. The molecule has 0 aliphatic heterocycles. The minimum absolute atomic E-state index is 0.184. The molecule has 0 spiro atoms. The molecule has 0 aliphatic carbocycles. The van der Waals surface area contributed by atoms with Crippen molar-refractivity contribution in [2.45, 2.75) is 46.1 Å². The first kappa shape index (κ1) is 16.9. The molecule has 1 unspecified atom stereocenters. The second-order valence-corrected chi connectivity index (χ2v) is 6.70. The Bertz CT molecular complexity index is 430. The van der Waals surface area contributed by atoms with Gasteiger partial charge in [0.05, 0.1) is 11.8 Å². The van der Waals surface area contributed by atoms with Gasteiger partial charge in [-0.25, -0.2) is 4.98 Å². The van der Waals surface area contributed by atoms with Crippen LogP contribution in [0.15, 0.2) is 6.20 Å². The number of thiazole rings is 1. The first-order valence-corrected chi connectivity index (χ1v) is 7.86. The number of carbonyl (C=O) groups is 1. The molecule has 0 saturated carbocycles. The molecule has 114 valence electrons. The van der Waals surface area contributed by atoms with Gasteiger partial charge in [-0.2, -0.15) is 0 Å². The van der Waals surface area contributed by atoms with E-state index < -0.39 is 5.60 Å². The molecule has 1 heterocycles. The zero-order valence-corrected chi connectivity index (χ0v) is 13.5. The maximum absolute atomic E-state index is 12.0. The SMILES string of the molecule is CCNc1ncc(C(=O)NCC(C)(O)CCC(C)C)s1. The van der Waals surface area contributed by atoms with Crippen LogP contribution in [-0.4, -0.2) is 34.7 Å². The quantitative estimate of drug-likeness (QED) is 0.689. The molecule has 1 amide bonds. The zero-order valence-electron chi connectivity index (χ0n) is 12.7. The van der Waals surface area contributed by atoms with E-state index in [1.165, 1.54) is 11.3 Å². The van der Waals surface area contributed by atoms with Crippen LogP contribution in [0, 0.1) is 5.92 Å². The summed E-state index contributed by atoms with van der Waals surface area (Å²) in [5.74, 6) is 0.359.